The van der Waals surface area contributed by atoms with Gasteiger partial charge in [-0.2, -0.15) is 0 Å². The SMILES string of the molecule is COc1ccc(C[C@@H](NC(=O)C[C@@H](O)CNC(=O)OCc2ccccc2)C(N)=O)cc1. The van der Waals surface area contributed by atoms with Crippen molar-refractivity contribution in [3.05, 3.63) is 65.7 Å². The van der Waals surface area contributed by atoms with E-state index in [0.717, 1.165) is 11.1 Å². The number of hydrogen-bond acceptors (Lipinski definition) is 6. The first-order chi connectivity index (χ1) is 14.9. The Hall–Kier alpha value is -3.59. The van der Waals surface area contributed by atoms with E-state index < -0.39 is 30.1 Å². The Labute approximate surface area is 180 Å². The summed E-state index contributed by atoms with van der Waals surface area (Å²) in [7, 11) is 1.55. The molecule has 0 unspecified atom stereocenters. The van der Waals surface area contributed by atoms with Crippen molar-refractivity contribution in [2.24, 2.45) is 5.73 Å². The van der Waals surface area contributed by atoms with E-state index in [2.05, 4.69) is 10.6 Å². The number of rotatable bonds is 11. The summed E-state index contributed by atoms with van der Waals surface area (Å²) in [5.74, 6) is -0.591. The Bertz CT molecular complexity index is 857. The summed E-state index contributed by atoms with van der Waals surface area (Å²) in [6, 6.07) is 15.2. The van der Waals surface area contributed by atoms with Crippen LogP contribution in [0.5, 0.6) is 5.75 Å². The molecule has 0 saturated heterocycles. The Balaban J connectivity index is 1.74. The second-order valence-electron chi connectivity index (χ2n) is 6.88. The van der Waals surface area contributed by atoms with Crippen molar-refractivity contribution in [3.8, 4) is 5.75 Å². The van der Waals surface area contributed by atoms with Crippen LogP contribution in [0.15, 0.2) is 54.6 Å². The topological polar surface area (TPSA) is 140 Å². The van der Waals surface area contributed by atoms with Crippen LogP contribution in [0.4, 0.5) is 4.79 Å². The third-order valence-electron chi connectivity index (χ3n) is 4.39. The van der Waals surface area contributed by atoms with E-state index in [9.17, 15) is 19.5 Å². The number of nitrogens with two attached hydrogens (primary N) is 1. The Morgan fingerprint density at radius 2 is 1.71 bits per heavy atom. The van der Waals surface area contributed by atoms with Crippen molar-refractivity contribution in [1.82, 2.24) is 10.6 Å². The predicted octanol–water partition coefficient (Wildman–Crippen LogP) is 0.885. The number of primary amides is 1. The number of ether oxygens (including phenoxy) is 2. The second kappa shape index (κ2) is 12.2. The van der Waals surface area contributed by atoms with Gasteiger partial charge in [0.15, 0.2) is 0 Å². The van der Waals surface area contributed by atoms with E-state index in [0.29, 0.717) is 5.75 Å². The molecule has 2 atom stereocenters. The van der Waals surface area contributed by atoms with Crippen LogP contribution in [-0.2, 0) is 27.4 Å². The molecular formula is C22H27N3O6. The van der Waals surface area contributed by atoms with Gasteiger partial charge in [0.2, 0.25) is 11.8 Å². The lowest BCUT2D eigenvalue weighted by molar-refractivity contribution is -0.128. The number of methoxy groups -OCH3 is 1. The van der Waals surface area contributed by atoms with E-state index in [1.165, 1.54) is 0 Å². The van der Waals surface area contributed by atoms with E-state index in [4.69, 9.17) is 15.2 Å². The van der Waals surface area contributed by atoms with E-state index in [-0.39, 0.29) is 26.0 Å². The van der Waals surface area contributed by atoms with Crippen LogP contribution in [0.2, 0.25) is 0 Å². The van der Waals surface area contributed by atoms with Crippen LogP contribution >= 0.6 is 0 Å². The molecule has 31 heavy (non-hydrogen) atoms. The summed E-state index contributed by atoms with van der Waals surface area (Å²) >= 11 is 0. The molecule has 0 radical (unpaired) electrons. The molecule has 2 aromatic carbocycles. The minimum atomic E-state index is -1.15. The van der Waals surface area contributed by atoms with Gasteiger partial charge in [0.05, 0.1) is 19.6 Å². The molecule has 0 bridgehead atoms. The highest BCUT2D eigenvalue weighted by atomic mass is 16.5. The molecule has 5 N–H and O–H groups in total. The highest BCUT2D eigenvalue weighted by molar-refractivity contribution is 5.87. The number of carbonyl (C=O) groups is 3. The first-order valence-corrected chi connectivity index (χ1v) is 9.71. The molecule has 2 rings (SSSR count). The molecule has 0 aromatic heterocycles. The van der Waals surface area contributed by atoms with Crippen LogP contribution in [-0.4, -0.2) is 48.8 Å². The summed E-state index contributed by atoms with van der Waals surface area (Å²) in [5.41, 5.74) is 7.00. The van der Waals surface area contributed by atoms with E-state index >= 15 is 0 Å². The lowest BCUT2D eigenvalue weighted by Crippen LogP contribution is -2.47. The maximum absolute atomic E-state index is 12.2. The average molecular weight is 429 g/mol. The van der Waals surface area contributed by atoms with Gasteiger partial charge in [-0.15, -0.1) is 0 Å². The van der Waals surface area contributed by atoms with Gasteiger partial charge in [0.1, 0.15) is 18.4 Å². The molecule has 0 saturated carbocycles. The number of hydrogen-bond donors (Lipinski definition) is 4. The maximum Gasteiger partial charge on any atom is 0.407 e. The Morgan fingerprint density at radius 1 is 1.03 bits per heavy atom. The van der Waals surface area contributed by atoms with Gasteiger partial charge in [0.25, 0.3) is 0 Å². The quantitative estimate of drug-likeness (QED) is 0.418. The molecule has 0 spiro atoms. The van der Waals surface area contributed by atoms with Crippen molar-refractivity contribution in [3.63, 3.8) is 0 Å². The summed E-state index contributed by atoms with van der Waals surface area (Å²) < 4.78 is 10.1. The number of aliphatic hydroxyl groups excluding tert-OH is 1. The minimum Gasteiger partial charge on any atom is -0.497 e. The van der Waals surface area contributed by atoms with Gasteiger partial charge in [-0.3, -0.25) is 9.59 Å². The standard InChI is InChI=1S/C22H27N3O6/c1-30-18-9-7-15(8-10-18)11-19(21(23)28)25-20(27)12-17(26)13-24-22(29)31-14-16-5-3-2-4-6-16/h2-10,17,19,26H,11-14H2,1H3,(H2,23,28)(H,24,29)(H,25,27)/t17-,19-/m1/s1. The van der Waals surface area contributed by atoms with Crippen LogP contribution in [0.1, 0.15) is 17.5 Å². The van der Waals surface area contributed by atoms with Gasteiger partial charge >= 0.3 is 6.09 Å². The fourth-order valence-corrected chi connectivity index (χ4v) is 2.73. The first-order valence-electron chi connectivity index (χ1n) is 9.71. The molecule has 3 amide bonds. The molecule has 2 aromatic rings. The fourth-order valence-electron chi connectivity index (χ4n) is 2.73. The van der Waals surface area contributed by atoms with Crippen molar-refractivity contribution in [2.45, 2.75) is 31.6 Å². The van der Waals surface area contributed by atoms with Crippen LogP contribution < -0.4 is 21.1 Å². The lowest BCUT2D eigenvalue weighted by atomic mass is 10.0. The second-order valence-corrected chi connectivity index (χ2v) is 6.88. The summed E-state index contributed by atoms with van der Waals surface area (Å²) in [6.07, 6.45) is -1.98. The summed E-state index contributed by atoms with van der Waals surface area (Å²) in [5, 5.41) is 14.9. The van der Waals surface area contributed by atoms with Gasteiger partial charge in [0, 0.05) is 13.0 Å². The molecule has 0 fully saturated rings. The molecule has 9 nitrogen and oxygen atoms in total. The largest absolute Gasteiger partial charge is 0.497 e. The van der Waals surface area contributed by atoms with Crippen molar-refractivity contribution >= 4 is 17.9 Å². The zero-order chi connectivity index (χ0) is 22.6. The van der Waals surface area contributed by atoms with Gasteiger partial charge in [-0.25, -0.2) is 4.79 Å². The maximum atomic E-state index is 12.2. The van der Waals surface area contributed by atoms with Gasteiger partial charge < -0.3 is 30.9 Å². The number of alkyl carbamates (subject to hydrolysis) is 1. The van der Waals surface area contributed by atoms with Crippen LogP contribution in [0.25, 0.3) is 0 Å². The Kier molecular flexibility index (Phi) is 9.31. The van der Waals surface area contributed by atoms with E-state index in [1.807, 2.05) is 30.3 Å². The molecule has 0 aliphatic heterocycles. The zero-order valence-corrected chi connectivity index (χ0v) is 17.2. The monoisotopic (exact) mass is 429 g/mol. The number of nitrogens with one attached hydrogen (secondary N) is 2. The molecule has 0 aliphatic rings. The van der Waals surface area contributed by atoms with Crippen molar-refractivity contribution in [2.75, 3.05) is 13.7 Å². The molecular weight excluding hydrogens is 402 g/mol. The van der Waals surface area contributed by atoms with E-state index in [1.54, 1.807) is 31.4 Å². The third kappa shape index (κ3) is 8.75. The third-order valence-corrected chi connectivity index (χ3v) is 4.39. The Morgan fingerprint density at radius 3 is 2.32 bits per heavy atom. The smallest absolute Gasteiger partial charge is 0.407 e. The molecule has 0 heterocycles. The number of aliphatic hydroxyl groups is 1. The van der Waals surface area contributed by atoms with Crippen molar-refractivity contribution in [1.29, 1.82) is 0 Å². The van der Waals surface area contributed by atoms with Gasteiger partial charge in [-0.05, 0) is 23.3 Å². The normalized spacial score (nSPS) is 12.3. The molecule has 9 heteroatoms. The zero-order valence-electron chi connectivity index (χ0n) is 17.2. The number of carbonyl (C=O) groups excluding carboxylic acids is 3. The van der Waals surface area contributed by atoms with Crippen LogP contribution in [0, 0.1) is 0 Å². The minimum absolute atomic E-state index is 0.0922. The number of benzene rings is 2. The average Bonchev–Trinajstić information content (AvgIpc) is 2.77. The highest BCUT2D eigenvalue weighted by Crippen LogP contribution is 2.13. The summed E-state index contributed by atoms with van der Waals surface area (Å²) in [4.78, 5) is 35.6. The number of amides is 3. The fraction of sp³-hybridized carbons (Fsp3) is 0.318. The molecule has 0 aliphatic carbocycles. The van der Waals surface area contributed by atoms with Gasteiger partial charge in [-0.1, -0.05) is 42.5 Å². The summed E-state index contributed by atoms with van der Waals surface area (Å²) in [6.45, 7) is -0.0876. The highest BCUT2D eigenvalue weighted by Gasteiger charge is 2.21. The first kappa shape index (κ1) is 23.7. The lowest BCUT2D eigenvalue weighted by Gasteiger charge is -2.17. The molecule has 166 valence electrons. The van der Waals surface area contributed by atoms with Crippen LogP contribution in [0.3, 0.4) is 0 Å². The predicted molar refractivity (Wildman–Crippen MR) is 113 cm³/mol. The van der Waals surface area contributed by atoms with Crippen molar-refractivity contribution < 1.29 is 29.0 Å².